The standard InChI is InChI=1S/C22H28N2O3S/c1-3-4-10-28-15-18-12-20(27-16(18)2)22(26)24-13-19(23-21(25)14-24)11-17-8-6-5-7-9-17/h5-9,12,19H,3-4,10-11,13-15H2,1-2H3,(H,23,25)/t19-/m0/s1. The lowest BCUT2D eigenvalue weighted by Crippen LogP contribution is -2.56. The van der Waals surface area contributed by atoms with Gasteiger partial charge in [-0.2, -0.15) is 11.8 Å². The number of hydrogen-bond donors (Lipinski definition) is 1. The van der Waals surface area contributed by atoms with Crippen molar-refractivity contribution in [2.75, 3.05) is 18.8 Å². The van der Waals surface area contributed by atoms with Crippen LogP contribution >= 0.6 is 11.8 Å². The van der Waals surface area contributed by atoms with Gasteiger partial charge in [-0.25, -0.2) is 0 Å². The highest BCUT2D eigenvalue weighted by molar-refractivity contribution is 7.98. The van der Waals surface area contributed by atoms with Crippen molar-refractivity contribution < 1.29 is 14.0 Å². The van der Waals surface area contributed by atoms with Gasteiger partial charge < -0.3 is 14.6 Å². The molecule has 2 amide bonds. The van der Waals surface area contributed by atoms with Crippen LogP contribution < -0.4 is 5.32 Å². The molecule has 6 heteroatoms. The van der Waals surface area contributed by atoms with Gasteiger partial charge in [-0.3, -0.25) is 9.59 Å². The van der Waals surface area contributed by atoms with Gasteiger partial charge in [0.1, 0.15) is 12.3 Å². The Morgan fingerprint density at radius 1 is 1.32 bits per heavy atom. The van der Waals surface area contributed by atoms with Gasteiger partial charge in [0, 0.05) is 17.9 Å². The summed E-state index contributed by atoms with van der Waals surface area (Å²) < 4.78 is 5.74. The highest BCUT2D eigenvalue weighted by Crippen LogP contribution is 2.22. The highest BCUT2D eigenvalue weighted by Gasteiger charge is 2.30. The first-order chi connectivity index (χ1) is 13.6. The molecule has 2 heterocycles. The number of amides is 2. The van der Waals surface area contributed by atoms with Crippen LogP contribution in [-0.4, -0.2) is 41.6 Å². The Bertz CT molecular complexity index is 803. The summed E-state index contributed by atoms with van der Waals surface area (Å²) in [4.78, 5) is 26.7. The van der Waals surface area contributed by atoms with Gasteiger partial charge in [0.05, 0.1) is 6.04 Å². The third-order valence-corrected chi connectivity index (χ3v) is 5.98. The molecule has 0 aliphatic carbocycles. The maximum Gasteiger partial charge on any atom is 0.290 e. The van der Waals surface area contributed by atoms with Crippen LogP contribution in [0.3, 0.4) is 0 Å². The summed E-state index contributed by atoms with van der Waals surface area (Å²) in [6.45, 7) is 4.64. The fourth-order valence-corrected chi connectivity index (χ4v) is 4.49. The van der Waals surface area contributed by atoms with Crippen molar-refractivity contribution in [3.63, 3.8) is 0 Å². The van der Waals surface area contributed by atoms with Crippen molar-refractivity contribution in [1.82, 2.24) is 10.2 Å². The Morgan fingerprint density at radius 3 is 2.86 bits per heavy atom. The summed E-state index contributed by atoms with van der Waals surface area (Å²) in [5, 5.41) is 2.99. The van der Waals surface area contributed by atoms with E-state index in [0.717, 1.165) is 28.4 Å². The number of rotatable bonds is 8. The van der Waals surface area contributed by atoms with Crippen LogP contribution in [0.4, 0.5) is 0 Å². The summed E-state index contributed by atoms with van der Waals surface area (Å²) in [6, 6.07) is 11.7. The molecule has 0 unspecified atom stereocenters. The fourth-order valence-electron chi connectivity index (χ4n) is 3.34. The Balaban J connectivity index is 1.63. The first-order valence-electron chi connectivity index (χ1n) is 9.86. The molecular weight excluding hydrogens is 372 g/mol. The second-order valence-corrected chi connectivity index (χ2v) is 8.34. The Labute approximate surface area is 170 Å². The summed E-state index contributed by atoms with van der Waals surface area (Å²) in [5.74, 6) is 2.74. The number of nitrogens with zero attached hydrogens (tertiary/aromatic N) is 1. The number of benzene rings is 1. The minimum absolute atomic E-state index is 0.0739. The van der Waals surface area contributed by atoms with E-state index in [1.165, 1.54) is 12.8 Å². The Hall–Kier alpha value is -2.21. The zero-order valence-electron chi connectivity index (χ0n) is 16.6. The molecule has 1 aliphatic heterocycles. The van der Waals surface area contributed by atoms with Crippen molar-refractivity contribution in [2.24, 2.45) is 0 Å². The molecule has 0 saturated carbocycles. The van der Waals surface area contributed by atoms with E-state index in [-0.39, 0.29) is 24.4 Å². The number of unbranched alkanes of at least 4 members (excludes halogenated alkanes) is 1. The number of nitrogens with one attached hydrogen (secondary N) is 1. The Morgan fingerprint density at radius 2 is 2.11 bits per heavy atom. The van der Waals surface area contributed by atoms with Crippen molar-refractivity contribution in [3.05, 3.63) is 59.0 Å². The molecule has 150 valence electrons. The van der Waals surface area contributed by atoms with E-state index in [1.807, 2.05) is 55.1 Å². The van der Waals surface area contributed by atoms with E-state index in [9.17, 15) is 9.59 Å². The number of hydrogen-bond acceptors (Lipinski definition) is 4. The summed E-state index contributed by atoms with van der Waals surface area (Å²) >= 11 is 1.86. The van der Waals surface area contributed by atoms with Gasteiger partial charge in [0.15, 0.2) is 5.76 Å². The molecule has 0 radical (unpaired) electrons. The zero-order valence-corrected chi connectivity index (χ0v) is 17.4. The van der Waals surface area contributed by atoms with Crippen molar-refractivity contribution in [3.8, 4) is 0 Å². The van der Waals surface area contributed by atoms with E-state index < -0.39 is 0 Å². The second-order valence-electron chi connectivity index (χ2n) is 7.24. The molecule has 28 heavy (non-hydrogen) atoms. The van der Waals surface area contributed by atoms with E-state index in [0.29, 0.717) is 18.7 Å². The van der Waals surface area contributed by atoms with Gasteiger partial charge in [-0.1, -0.05) is 43.7 Å². The third kappa shape index (κ3) is 5.41. The minimum atomic E-state index is -0.208. The number of carbonyl (C=O) groups excluding carboxylic acids is 2. The van der Waals surface area contributed by atoms with Gasteiger partial charge in [0.2, 0.25) is 5.91 Å². The van der Waals surface area contributed by atoms with Gasteiger partial charge >= 0.3 is 0 Å². The smallest absolute Gasteiger partial charge is 0.290 e. The Kier molecular flexibility index (Phi) is 7.20. The van der Waals surface area contributed by atoms with Crippen LogP contribution in [-0.2, 0) is 17.0 Å². The molecule has 5 nitrogen and oxygen atoms in total. The number of furan rings is 1. The lowest BCUT2D eigenvalue weighted by Gasteiger charge is -2.32. The number of thioether (sulfide) groups is 1. The molecule has 1 N–H and O–H groups in total. The van der Waals surface area contributed by atoms with Crippen molar-refractivity contribution in [2.45, 2.75) is 44.9 Å². The molecule has 1 aliphatic rings. The average Bonchev–Trinajstić information content (AvgIpc) is 3.05. The van der Waals surface area contributed by atoms with Gasteiger partial charge in [-0.15, -0.1) is 0 Å². The quantitative estimate of drug-likeness (QED) is 0.685. The number of aryl methyl sites for hydroxylation is 1. The lowest BCUT2D eigenvalue weighted by atomic mass is 10.0. The predicted octanol–water partition coefficient (Wildman–Crippen LogP) is 3.80. The third-order valence-electron chi connectivity index (χ3n) is 4.88. The molecule has 1 fully saturated rings. The van der Waals surface area contributed by atoms with Crippen LogP contribution in [0.5, 0.6) is 0 Å². The fraction of sp³-hybridized carbons (Fsp3) is 0.455. The second kappa shape index (κ2) is 9.82. The van der Waals surface area contributed by atoms with Gasteiger partial charge in [-0.05, 0) is 37.1 Å². The van der Waals surface area contributed by atoms with Gasteiger partial charge in [0.25, 0.3) is 5.91 Å². The molecule has 2 aromatic rings. The first kappa shape index (κ1) is 20.5. The average molecular weight is 401 g/mol. The lowest BCUT2D eigenvalue weighted by molar-refractivity contribution is -0.124. The molecule has 0 spiro atoms. The topological polar surface area (TPSA) is 62.6 Å². The van der Waals surface area contributed by atoms with E-state index >= 15 is 0 Å². The summed E-state index contributed by atoms with van der Waals surface area (Å²) in [7, 11) is 0. The van der Waals surface area contributed by atoms with E-state index in [4.69, 9.17) is 4.42 Å². The van der Waals surface area contributed by atoms with Crippen LogP contribution in [0.25, 0.3) is 0 Å². The summed E-state index contributed by atoms with van der Waals surface area (Å²) in [6.07, 6.45) is 3.08. The van der Waals surface area contributed by atoms with Crippen molar-refractivity contribution >= 4 is 23.6 Å². The molecule has 1 atom stereocenters. The monoisotopic (exact) mass is 400 g/mol. The molecule has 0 bridgehead atoms. The zero-order chi connectivity index (χ0) is 19.9. The van der Waals surface area contributed by atoms with E-state index in [2.05, 4.69) is 12.2 Å². The molecule has 3 rings (SSSR count). The van der Waals surface area contributed by atoms with E-state index in [1.54, 1.807) is 4.90 Å². The molecule has 1 aromatic carbocycles. The van der Waals surface area contributed by atoms with Crippen LogP contribution in [0, 0.1) is 6.92 Å². The number of piperazine rings is 1. The maximum absolute atomic E-state index is 12.9. The van der Waals surface area contributed by atoms with Crippen LogP contribution in [0.15, 0.2) is 40.8 Å². The largest absolute Gasteiger partial charge is 0.456 e. The predicted molar refractivity (Wildman–Crippen MR) is 112 cm³/mol. The maximum atomic E-state index is 12.9. The summed E-state index contributed by atoms with van der Waals surface area (Å²) in [5.41, 5.74) is 2.20. The first-order valence-corrected chi connectivity index (χ1v) is 11.0. The number of carbonyl (C=O) groups is 2. The minimum Gasteiger partial charge on any atom is -0.456 e. The van der Waals surface area contributed by atoms with Crippen LogP contribution in [0.2, 0.25) is 0 Å². The van der Waals surface area contributed by atoms with Crippen molar-refractivity contribution in [1.29, 1.82) is 0 Å². The molecule has 1 saturated heterocycles. The molecular formula is C22H28N2O3S. The van der Waals surface area contributed by atoms with Crippen LogP contribution in [0.1, 0.15) is 47.2 Å². The molecule has 1 aromatic heterocycles. The highest BCUT2D eigenvalue weighted by atomic mass is 32.2. The SMILES string of the molecule is CCCCSCc1cc(C(=O)N2CC(=O)N[C@@H](Cc3ccccc3)C2)oc1C. The normalized spacial score (nSPS) is 16.9.